The molecular weight excluding hydrogens is 372 g/mol. The van der Waals surface area contributed by atoms with Crippen LogP contribution in [0.1, 0.15) is 59.3 Å². The van der Waals surface area contributed by atoms with Gasteiger partial charge in [-0.3, -0.25) is 4.79 Å². The molecule has 0 saturated carbocycles. The lowest BCUT2D eigenvalue weighted by Crippen LogP contribution is -2.47. The molecule has 2 heterocycles. The van der Waals surface area contributed by atoms with E-state index in [1.807, 2.05) is 20.8 Å². The van der Waals surface area contributed by atoms with Crippen molar-refractivity contribution >= 4 is 22.1 Å². The molecule has 0 aliphatic carbocycles. The first-order valence-electron chi connectivity index (χ1n) is 9.60. The van der Waals surface area contributed by atoms with Gasteiger partial charge in [0.15, 0.2) is 6.23 Å². The zero-order valence-electron chi connectivity index (χ0n) is 16.8. The van der Waals surface area contributed by atoms with Gasteiger partial charge in [0, 0.05) is 26.1 Å². The number of likely N-dealkylation sites (tertiary alicyclic amines) is 2. The number of piperidine rings is 2. The molecule has 1 atom stereocenters. The van der Waals surface area contributed by atoms with Crippen LogP contribution < -0.4 is 0 Å². The highest BCUT2D eigenvalue weighted by Gasteiger charge is 2.33. The largest absolute Gasteiger partial charge is 0.444 e. The molecule has 0 bridgehead atoms. The number of carbonyl (C=O) groups is 2. The Morgan fingerprint density at radius 2 is 1.67 bits per heavy atom. The molecule has 9 heteroatoms. The van der Waals surface area contributed by atoms with Crippen molar-refractivity contribution in [2.75, 3.05) is 25.9 Å². The third kappa shape index (κ3) is 7.29. The van der Waals surface area contributed by atoms with Crippen molar-refractivity contribution in [1.82, 2.24) is 9.80 Å². The summed E-state index contributed by atoms with van der Waals surface area (Å²) in [5.74, 6) is 0.107. The first-order chi connectivity index (χ1) is 12.4. The summed E-state index contributed by atoms with van der Waals surface area (Å²) < 4.78 is 33.4. The van der Waals surface area contributed by atoms with Gasteiger partial charge < -0.3 is 14.5 Å². The molecule has 0 spiro atoms. The van der Waals surface area contributed by atoms with E-state index in [2.05, 4.69) is 0 Å². The molecule has 8 nitrogen and oxygen atoms in total. The molecule has 27 heavy (non-hydrogen) atoms. The molecule has 0 aromatic carbocycles. The van der Waals surface area contributed by atoms with E-state index in [9.17, 15) is 18.0 Å². The first-order valence-corrected chi connectivity index (χ1v) is 11.4. The van der Waals surface area contributed by atoms with E-state index in [1.165, 1.54) is 0 Å². The second kappa shape index (κ2) is 8.77. The van der Waals surface area contributed by atoms with Crippen molar-refractivity contribution in [1.29, 1.82) is 0 Å². The summed E-state index contributed by atoms with van der Waals surface area (Å²) in [6.07, 6.45) is 4.06. The quantitative estimate of drug-likeness (QED) is 0.668. The maximum Gasteiger partial charge on any atom is 0.410 e. The van der Waals surface area contributed by atoms with Gasteiger partial charge in [-0.25, -0.2) is 8.98 Å². The van der Waals surface area contributed by atoms with Crippen LogP contribution in [0.25, 0.3) is 0 Å². The van der Waals surface area contributed by atoms with Crippen LogP contribution in [-0.4, -0.2) is 67.9 Å². The van der Waals surface area contributed by atoms with Crippen molar-refractivity contribution in [3.63, 3.8) is 0 Å². The van der Waals surface area contributed by atoms with Crippen LogP contribution in [0.3, 0.4) is 0 Å². The fraction of sp³-hybridized carbons (Fsp3) is 0.889. The second-order valence-electron chi connectivity index (χ2n) is 8.45. The van der Waals surface area contributed by atoms with Crippen LogP contribution in [0.2, 0.25) is 0 Å². The minimum atomic E-state index is -3.61. The summed E-state index contributed by atoms with van der Waals surface area (Å²) in [5.41, 5.74) is -0.521. The Hall–Kier alpha value is -1.35. The van der Waals surface area contributed by atoms with Crippen molar-refractivity contribution in [3.8, 4) is 0 Å². The summed E-state index contributed by atoms with van der Waals surface area (Å²) in [5, 5.41) is 0. The highest BCUT2D eigenvalue weighted by atomic mass is 32.2. The molecule has 2 fully saturated rings. The number of rotatable bonds is 4. The molecule has 1 unspecified atom stereocenters. The number of hydrogen-bond acceptors (Lipinski definition) is 6. The standard InChI is InChI=1S/C18H32N2O6S/c1-18(2,3)25-17(22)19-11-8-14(9-12-19)13-15(21)20-10-6-5-7-16(20)26-27(4,23)24/h14,16H,5-13H2,1-4H3. The molecule has 2 amide bonds. The van der Waals surface area contributed by atoms with Gasteiger partial charge in [-0.05, 0) is 58.8 Å². The zero-order valence-corrected chi connectivity index (χ0v) is 17.6. The average Bonchev–Trinajstić information content (AvgIpc) is 2.52. The summed E-state index contributed by atoms with van der Waals surface area (Å²) in [6, 6.07) is 0. The Labute approximate surface area is 162 Å². The fourth-order valence-corrected chi connectivity index (χ4v) is 4.10. The van der Waals surface area contributed by atoms with Crippen LogP contribution in [-0.2, 0) is 23.8 Å². The highest BCUT2D eigenvalue weighted by Crippen LogP contribution is 2.26. The molecular formula is C18H32N2O6S. The van der Waals surface area contributed by atoms with Crippen LogP contribution in [0.5, 0.6) is 0 Å². The minimum Gasteiger partial charge on any atom is -0.444 e. The Kier molecular flexibility index (Phi) is 7.13. The van der Waals surface area contributed by atoms with Gasteiger partial charge in [-0.2, -0.15) is 8.42 Å². The van der Waals surface area contributed by atoms with Gasteiger partial charge in [0.25, 0.3) is 10.1 Å². The van der Waals surface area contributed by atoms with Crippen molar-refractivity contribution in [3.05, 3.63) is 0 Å². The topological polar surface area (TPSA) is 93.2 Å². The van der Waals surface area contributed by atoms with E-state index in [4.69, 9.17) is 8.92 Å². The van der Waals surface area contributed by atoms with Crippen LogP contribution in [0.15, 0.2) is 0 Å². The molecule has 2 saturated heterocycles. The third-order valence-corrected chi connectivity index (χ3v) is 5.36. The first kappa shape index (κ1) is 21.9. The van der Waals surface area contributed by atoms with Crippen molar-refractivity contribution in [2.45, 2.75) is 71.1 Å². The van der Waals surface area contributed by atoms with E-state index >= 15 is 0 Å². The maximum atomic E-state index is 12.7. The van der Waals surface area contributed by atoms with Gasteiger partial charge in [-0.1, -0.05) is 0 Å². The molecule has 0 radical (unpaired) electrons. The average molecular weight is 405 g/mol. The molecule has 0 aromatic rings. The minimum absolute atomic E-state index is 0.0703. The molecule has 0 N–H and O–H groups in total. The van der Waals surface area contributed by atoms with Crippen molar-refractivity contribution in [2.24, 2.45) is 5.92 Å². The van der Waals surface area contributed by atoms with E-state index < -0.39 is 21.9 Å². The molecule has 2 aliphatic heterocycles. The fourth-order valence-electron chi connectivity index (χ4n) is 3.50. The van der Waals surface area contributed by atoms with Gasteiger partial charge in [0.05, 0.1) is 6.26 Å². The Morgan fingerprint density at radius 3 is 2.22 bits per heavy atom. The van der Waals surface area contributed by atoms with Gasteiger partial charge in [-0.15, -0.1) is 0 Å². The second-order valence-corrected chi connectivity index (χ2v) is 10.1. The highest BCUT2D eigenvalue weighted by molar-refractivity contribution is 7.86. The predicted octanol–water partition coefficient (Wildman–Crippen LogP) is 2.34. The Bertz CT molecular complexity index is 635. The van der Waals surface area contributed by atoms with Crippen molar-refractivity contribution < 1.29 is 26.9 Å². The number of amides is 2. The lowest BCUT2D eigenvalue weighted by atomic mass is 9.92. The Balaban J connectivity index is 1.85. The summed E-state index contributed by atoms with van der Waals surface area (Å²) in [6.45, 7) is 7.17. The SMILES string of the molecule is CC(C)(C)OC(=O)N1CCC(CC(=O)N2CCCCC2OS(C)(=O)=O)CC1. The van der Waals surface area contributed by atoms with Gasteiger partial charge in [0.2, 0.25) is 5.91 Å². The number of carbonyl (C=O) groups excluding carboxylic acids is 2. The van der Waals surface area contributed by atoms with Gasteiger partial charge in [0.1, 0.15) is 5.60 Å². The monoisotopic (exact) mass is 404 g/mol. The molecule has 2 rings (SSSR count). The molecule has 2 aliphatic rings. The zero-order chi connectivity index (χ0) is 20.2. The van der Waals surface area contributed by atoms with E-state index in [0.717, 1.165) is 31.9 Å². The molecule has 0 aromatic heterocycles. The van der Waals surface area contributed by atoms with Crippen LogP contribution in [0, 0.1) is 5.92 Å². The van der Waals surface area contributed by atoms with E-state index in [0.29, 0.717) is 32.5 Å². The summed E-state index contributed by atoms with van der Waals surface area (Å²) in [7, 11) is -3.61. The Morgan fingerprint density at radius 1 is 1.04 bits per heavy atom. The van der Waals surface area contributed by atoms with Crippen LogP contribution in [0.4, 0.5) is 4.79 Å². The summed E-state index contributed by atoms with van der Waals surface area (Å²) >= 11 is 0. The maximum absolute atomic E-state index is 12.7. The smallest absolute Gasteiger partial charge is 0.410 e. The lowest BCUT2D eigenvalue weighted by molar-refractivity contribution is -0.143. The number of nitrogens with zero attached hydrogens (tertiary/aromatic N) is 2. The third-order valence-electron chi connectivity index (χ3n) is 4.78. The number of hydrogen-bond donors (Lipinski definition) is 0. The van der Waals surface area contributed by atoms with Gasteiger partial charge >= 0.3 is 6.09 Å². The summed E-state index contributed by atoms with van der Waals surface area (Å²) in [4.78, 5) is 28.1. The lowest BCUT2D eigenvalue weighted by Gasteiger charge is -2.37. The van der Waals surface area contributed by atoms with E-state index in [-0.39, 0.29) is 17.9 Å². The predicted molar refractivity (Wildman–Crippen MR) is 100 cm³/mol. The van der Waals surface area contributed by atoms with Crippen LogP contribution >= 0.6 is 0 Å². The molecule has 156 valence electrons. The normalized spacial score (nSPS) is 22.6. The number of ether oxygens (including phenoxy) is 1. The van der Waals surface area contributed by atoms with E-state index in [1.54, 1.807) is 9.80 Å².